The van der Waals surface area contributed by atoms with E-state index in [0.29, 0.717) is 19.6 Å². The third-order valence-electron chi connectivity index (χ3n) is 3.81. The van der Waals surface area contributed by atoms with Crippen LogP contribution in [-0.2, 0) is 17.9 Å². The Labute approximate surface area is 132 Å². The van der Waals surface area contributed by atoms with Gasteiger partial charge >= 0.3 is 0 Å². The van der Waals surface area contributed by atoms with Crippen molar-refractivity contribution < 1.29 is 4.79 Å². The number of nitrogens with zero attached hydrogens (tertiary/aromatic N) is 1. The second kappa shape index (κ2) is 7.23. The first kappa shape index (κ1) is 16.2. The fourth-order valence-electron chi connectivity index (χ4n) is 2.32. The molecule has 2 aromatic rings. The topological polar surface area (TPSA) is 46.3 Å². The van der Waals surface area contributed by atoms with Crippen LogP contribution in [0.5, 0.6) is 0 Å². The minimum absolute atomic E-state index is 0.0858. The fourth-order valence-corrected chi connectivity index (χ4v) is 2.32. The van der Waals surface area contributed by atoms with Gasteiger partial charge in [0.25, 0.3) is 0 Å². The average Bonchev–Trinajstić information content (AvgIpc) is 2.55. The molecule has 2 aromatic carbocycles. The van der Waals surface area contributed by atoms with Crippen LogP contribution in [0.25, 0.3) is 0 Å². The van der Waals surface area contributed by atoms with Gasteiger partial charge in [-0.2, -0.15) is 0 Å². The summed E-state index contributed by atoms with van der Waals surface area (Å²) in [5, 5.41) is 0. The highest BCUT2D eigenvalue weighted by Gasteiger charge is 2.30. The molecule has 0 unspecified atom stereocenters. The van der Waals surface area contributed by atoms with Gasteiger partial charge in [-0.15, -0.1) is 0 Å². The Morgan fingerprint density at radius 2 is 1.32 bits per heavy atom. The lowest BCUT2D eigenvalue weighted by molar-refractivity contribution is -0.141. The van der Waals surface area contributed by atoms with Crippen molar-refractivity contribution in [2.24, 2.45) is 11.1 Å². The van der Waals surface area contributed by atoms with E-state index in [0.717, 1.165) is 11.1 Å². The minimum Gasteiger partial charge on any atom is -0.334 e. The molecule has 0 aliphatic carbocycles. The van der Waals surface area contributed by atoms with Gasteiger partial charge in [0.2, 0.25) is 5.91 Å². The number of hydrogen-bond donors (Lipinski definition) is 1. The normalized spacial score (nSPS) is 11.2. The van der Waals surface area contributed by atoms with Gasteiger partial charge in [0.05, 0.1) is 5.41 Å². The van der Waals surface area contributed by atoms with Crippen LogP contribution in [-0.4, -0.2) is 17.4 Å². The van der Waals surface area contributed by atoms with E-state index < -0.39 is 5.41 Å². The maximum atomic E-state index is 12.9. The lowest BCUT2D eigenvalue weighted by atomic mass is 9.91. The highest BCUT2D eigenvalue weighted by molar-refractivity contribution is 5.82. The quantitative estimate of drug-likeness (QED) is 0.890. The van der Waals surface area contributed by atoms with E-state index in [1.165, 1.54) is 0 Å². The highest BCUT2D eigenvalue weighted by atomic mass is 16.2. The van der Waals surface area contributed by atoms with Gasteiger partial charge in [0, 0.05) is 19.6 Å². The molecule has 0 fully saturated rings. The maximum absolute atomic E-state index is 12.9. The van der Waals surface area contributed by atoms with Gasteiger partial charge in [-0.25, -0.2) is 0 Å². The van der Waals surface area contributed by atoms with Crippen molar-refractivity contribution in [3.63, 3.8) is 0 Å². The first-order chi connectivity index (χ1) is 10.5. The summed E-state index contributed by atoms with van der Waals surface area (Å²) in [6.07, 6.45) is 0. The van der Waals surface area contributed by atoms with Crippen LogP contribution >= 0.6 is 0 Å². The van der Waals surface area contributed by atoms with E-state index >= 15 is 0 Å². The molecule has 0 radical (unpaired) electrons. The average molecular weight is 296 g/mol. The van der Waals surface area contributed by atoms with Crippen molar-refractivity contribution >= 4 is 5.91 Å². The van der Waals surface area contributed by atoms with E-state index in [1.54, 1.807) is 0 Å². The van der Waals surface area contributed by atoms with Crippen molar-refractivity contribution in [3.05, 3.63) is 71.8 Å². The Balaban J connectivity index is 2.22. The molecule has 0 bridgehead atoms. The Bertz CT molecular complexity index is 552. The van der Waals surface area contributed by atoms with E-state index in [4.69, 9.17) is 5.73 Å². The third-order valence-corrected chi connectivity index (χ3v) is 3.81. The molecule has 0 aliphatic rings. The van der Waals surface area contributed by atoms with Crippen LogP contribution in [0.4, 0.5) is 0 Å². The molecule has 0 heterocycles. The lowest BCUT2D eigenvalue weighted by Gasteiger charge is -2.31. The molecule has 0 atom stereocenters. The zero-order valence-corrected chi connectivity index (χ0v) is 13.3. The van der Waals surface area contributed by atoms with Crippen LogP contribution in [0.3, 0.4) is 0 Å². The van der Waals surface area contributed by atoms with Crippen LogP contribution in [0.1, 0.15) is 25.0 Å². The van der Waals surface area contributed by atoms with E-state index in [1.807, 2.05) is 79.4 Å². The van der Waals surface area contributed by atoms with Gasteiger partial charge in [0.1, 0.15) is 0 Å². The summed E-state index contributed by atoms with van der Waals surface area (Å²) in [4.78, 5) is 14.7. The standard InChI is InChI=1S/C19H24N2O/c1-19(2,15-20)18(22)21(13-16-9-5-3-6-10-16)14-17-11-7-4-8-12-17/h3-12H,13-15,20H2,1-2H3. The second-order valence-corrected chi connectivity index (χ2v) is 6.22. The molecule has 116 valence electrons. The van der Waals surface area contributed by atoms with Gasteiger partial charge in [-0.3, -0.25) is 4.79 Å². The molecule has 3 nitrogen and oxygen atoms in total. The maximum Gasteiger partial charge on any atom is 0.230 e. The monoisotopic (exact) mass is 296 g/mol. The zero-order chi connectivity index (χ0) is 16.0. The zero-order valence-electron chi connectivity index (χ0n) is 13.3. The molecule has 2 N–H and O–H groups in total. The molecule has 0 spiro atoms. The molecule has 22 heavy (non-hydrogen) atoms. The number of carbonyl (C=O) groups excluding carboxylic acids is 1. The van der Waals surface area contributed by atoms with Gasteiger partial charge < -0.3 is 10.6 Å². The van der Waals surface area contributed by atoms with Crippen molar-refractivity contribution in [2.75, 3.05) is 6.54 Å². The van der Waals surface area contributed by atoms with Gasteiger partial charge in [-0.1, -0.05) is 60.7 Å². The van der Waals surface area contributed by atoms with E-state index in [9.17, 15) is 4.79 Å². The number of hydrogen-bond acceptors (Lipinski definition) is 2. The van der Waals surface area contributed by atoms with Crippen molar-refractivity contribution in [1.82, 2.24) is 4.90 Å². The van der Waals surface area contributed by atoms with Gasteiger partial charge in [-0.05, 0) is 25.0 Å². The van der Waals surface area contributed by atoms with Crippen LogP contribution in [0, 0.1) is 5.41 Å². The molecule has 0 aromatic heterocycles. The van der Waals surface area contributed by atoms with E-state index in [-0.39, 0.29) is 5.91 Å². The van der Waals surface area contributed by atoms with Crippen molar-refractivity contribution in [2.45, 2.75) is 26.9 Å². The molecule has 3 heteroatoms. The first-order valence-electron chi connectivity index (χ1n) is 7.60. The molecular formula is C19H24N2O. The summed E-state index contributed by atoms with van der Waals surface area (Å²) < 4.78 is 0. The van der Waals surface area contributed by atoms with Gasteiger partial charge in [0.15, 0.2) is 0 Å². The number of amides is 1. The SMILES string of the molecule is CC(C)(CN)C(=O)N(Cc1ccccc1)Cc1ccccc1. The summed E-state index contributed by atoms with van der Waals surface area (Å²) in [5.41, 5.74) is 7.48. The van der Waals surface area contributed by atoms with Crippen LogP contribution < -0.4 is 5.73 Å². The number of nitrogens with two attached hydrogens (primary N) is 1. The third kappa shape index (κ3) is 4.18. The second-order valence-electron chi connectivity index (χ2n) is 6.22. The molecule has 0 aliphatic heterocycles. The van der Waals surface area contributed by atoms with Crippen molar-refractivity contribution in [3.8, 4) is 0 Å². The first-order valence-corrected chi connectivity index (χ1v) is 7.60. The summed E-state index contributed by atoms with van der Waals surface area (Å²) in [7, 11) is 0. The molecule has 0 saturated carbocycles. The summed E-state index contributed by atoms with van der Waals surface area (Å²) >= 11 is 0. The van der Waals surface area contributed by atoms with E-state index in [2.05, 4.69) is 0 Å². The Hall–Kier alpha value is -2.13. The molecule has 1 amide bonds. The largest absolute Gasteiger partial charge is 0.334 e. The minimum atomic E-state index is -0.552. The summed E-state index contributed by atoms with van der Waals surface area (Å²) in [6, 6.07) is 20.1. The Morgan fingerprint density at radius 3 is 1.68 bits per heavy atom. The summed E-state index contributed by atoms with van der Waals surface area (Å²) in [6.45, 7) is 5.33. The Morgan fingerprint density at radius 1 is 0.909 bits per heavy atom. The molecule has 2 rings (SSSR count). The Kier molecular flexibility index (Phi) is 5.34. The van der Waals surface area contributed by atoms with Crippen LogP contribution in [0.2, 0.25) is 0 Å². The summed E-state index contributed by atoms with van der Waals surface area (Å²) in [5.74, 6) is 0.0858. The number of rotatable bonds is 6. The van der Waals surface area contributed by atoms with Crippen LogP contribution in [0.15, 0.2) is 60.7 Å². The number of carbonyl (C=O) groups is 1. The molecule has 0 saturated heterocycles. The lowest BCUT2D eigenvalue weighted by Crippen LogP contribution is -2.44. The smallest absolute Gasteiger partial charge is 0.230 e. The van der Waals surface area contributed by atoms with Crippen molar-refractivity contribution in [1.29, 1.82) is 0 Å². The predicted octanol–water partition coefficient (Wildman–Crippen LogP) is 3.20. The number of benzene rings is 2. The fraction of sp³-hybridized carbons (Fsp3) is 0.316. The molecular weight excluding hydrogens is 272 g/mol. The predicted molar refractivity (Wildman–Crippen MR) is 90.0 cm³/mol. The highest BCUT2D eigenvalue weighted by Crippen LogP contribution is 2.21.